The number of aliphatic hydroxyl groups is 1. The number of hydrogen-bond donors (Lipinski definition) is 2. The maximum absolute atomic E-state index is 13.9. The van der Waals surface area contributed by atoms with Crippen molar-refractivity contribution in [3.8, 4) is 0 Å². The Kier molecular flexibility index (Phi) is 7.37. The summed E-state index contributed by atoms with van der Waals surface area (Å²) in [6, 6.07) is 8.74. The summed E-state index contributed by atoms with van der Waals surface area (Å²) in [7, 11) is 0. The lowest BCUT2D eigenvalue weighted by Crippen LogP contribution is -2.52. The van der Waals surface area contributed by atoms with Crippen molar-refractivity contribution in [3.63, 3.8) is 0 Å². The number of aromatic nitrogens is 2. The van der Waals surface area contributed by atoms with E-state index < -0.39 is 6.10 Å². The Morgan fingerprint density at radius 2 is 1.89 bits per heavy atom. The number of anilines is 1. The minimum absolute atomic E-state index is 0.123. The summed E-state index contributed by atoms with van der Waals surface area (Å²) in [6.07, 6.45) is 7.05. The van der Waals surface area contributed by atoms with Crippen LogP contribution in [0.1, 0.15) is 92.7 Å². The first-order valence-electron chi connectivity index (χ1n) is 13.8. The molecule has 2 heterocycles. The van der Waals surface area contributed by atoms with Gasteiger partial charge in [-0.05, 0) is 62.5 Å². The highest BCUT2D eigenvalue weighted by atomic mass is 16.3. The third-order valence-electron chi connectivity index (χ3n) is 8.29. The van der Waals surface area contributed by atoms with E-state index in [-0.39, 0.29) is 23.3 Å². The van der Waals surface area contributed by atoms with Crippen molar-refractivity contribution in [3.05, 3.63) is 65.6 Å². The van der Waals surface area contributed by atoms with Crippen LogP contribution in [0.4, 0.5) is 5.82 Å². The number of fused-ring (bicyclic) bond motifs is 1. The molecule has 198 valence electrons. The molecule has 2 aliphatic carbocycles. The second-order valence-corrected chi connectivity index (χ2v) is 11.7. The molecule has 2 aromatic rings. The minimum atomic E-state index is -0.514. The summed E-state index contributed by atoms with van der Waals surface area (Å²) in [5.74, 6) is 1.79. The van der Waals surface area contributed by atoms with Gasteiger partial charge in [-0.15, -0.1) is 6.58 Å². The zero-order chi connectivity index (χ0) is 26.2. The van der Waals surface area contributed by atoms with Gasteiger partial charge in [-0.1, -0.05) is 37.3 Å². The number of nitrogens with one attached hydrogen (secondary N) is 1. The van der Waals surface area contributed by atoms with Crippen LogP contribution in [-0.4, -0.2) is 64.1 Å². The Hall–Kier alpha value is -2.77. The van der Waals surface area contributed by atoms with E-state index in [1.165, 1.54) is 18.4 Å². The molecule has 2 fully saturated rings. The van der Waals surface area contributed by atoms with Crippen molar-refractivity contribution in [2.45, 2.75) is 75.9 Å². The average Bonchev–Trinajstić information content (AvgIpc) is 3.70. The molecular formula is C30H41N5O2. The van der Waals surface area contributed by atoms with E-state index in [0.717, 1.165) is 42.1 Å². The molecule has 5 rings (SSSR count). The summed E-state index contributed by atoms with van der Waals surface area (Å²) < 4.78 is 0. The van der Waals surface area contributed by atoms with E-state index in [1.807, 2.05) is 11.0 Å². The van der Waals surface area contributed by atoms with Crippen LogP contribution in [0.2, 0.25) is 0 Å². The van der Waals surface area contributed by atoms with Gasteiger partial charge in [-0.3, -0.25) is 4.79 Å². The number of rotatable bonds is 9. The number of amides is 1. The molecule has 1 amide bonds. The smallest absolute Gasteiger partial charge is 0.231 e. The molecule has 7 heteroatoms. The molecule has 7 nitrogen and oxygen atoms in total. The van der Waals surface area contributed by atoms with Crippen LogP contribution in [0.5, 0.6) is 0 Å². The van der Waals surface area contributed by atoms with Crippen molar-refractivity contribution in [1.29, 1.82) is 0 Å². The monoisotopic (exact) mass is 503 g/mol. The Balaban J connectivity index is 1.30. The average molecular weight is 504 g/mol. The van der Waals surface area contributed by atoms with Gasteiger partial charge in [0.15, 0.2) is 0 Å². The molecule has 1 saturated carbocycles. The van der Waals surface area contributed by atoms with E-state index in [0.29, 0.717) is 32.0 Å². The molecule has 0 spiro atoms. The lowest BCUT2D eigenvalue weighted by atomic mass is 9.93. The molecule has 1 aliphatic heterocycles. The van der Waals surface area contributed by atoms with Gasteiger partial charge in [-0.25, -0.2) is 9.97 Å². The Morgan fingerprint density at radius 3 is 2.54 bits per heavy atom. The van der Waals surface area contributed by atoms with Gasteiger partial charge in [0.05, 0.1) is 17.7 Å². The molecular weight excluding hydrogens is 462 g/mol. The van der Waals surface area contributed by atoms with E-state index in [1.54, 1.807) is 6.33 Å². The molecule has 3 atom stereocenters. The molecule has 1 aromatic carbocycles. The third kappa shape index (κ3) is 5.58. The van der Waals surface area contributed by atoms with Gasteiger partial charge in [0.1, 0.15) is 12.1 Å². The fourth-order valence-corrected chi connectivity index (χ4v) is 5.89. The summed E-state index contributed by atoms with van der Waals surface area (Å²) in [5.41, 5.74) is 4.17. The lowest BCUT2D eigenvalue weighted by Gasteiger charge is -2.38. The number of carbonyl (C=O) groups is 1. The van der Waals surface area contributed by atoms with Crippen LogP contribution in [0.25, 0.3) is 0 Å². The topological polar surface area (TPSA) is 81.6 Å². The standard InChI is InChI=1S/C30H41N5O2/c1-5-12-30(3,4)33-18-24(23-10-8-22(9-11-23)21-6-7-21)29(37)35-15-13-34(14-16-35)28-26-20(2)17-25(36)27(26)31-19-32-28/h5,8-11,19-21,24-25,33,36H,1,6-7,12-18H2,2-4H3/t20-,24-,25+/m1/s1. The van der Waals surface area contributed by atoms with Crippen molar-refractivity contribution < 1.29 is 9.90 Å². The van der Waals surface area contributed by atoms with E-state index in [4.69, 9.17) is 0 Å². The summed E-state index contributed by atoms with van der Waals surface area (Å²) >= 11 is 0. The van der Waals surface area contributed by atoms with Crippen LogP contribution in [0.3, 0.4) is 0 Å². The largest absolute Gasteiger partial charge is 0.387 e. The van der Waals surface area contributed by atoms with Crippen LogP contribution < -0.4 is 10.2 Å². The lowest BCUT2D eigenvalue weighted by molar-refractivity contribution is -0.133. The molecule has 3 aliphatic rings. The van der Waals surface area contributed by atoms with Crippen molar-refractivity contribution in [2.75, 3.05) is 37.6 Å². The highest BCUT2D eigenvalue weighted by molar-refractivity contribution is 5.84. The van der Waals surface area contributed by atoms with Crippen LogP contribution >= 0.6 is 0 Å². The number of hydrogen-bond acceptors (Lipinski definition) is 6. The molecule has 0 bridgehead atoms. The predicted octanol–water partition coefficient (Wildman–Crippen LogP) is 4.27. The molecule has 1 aromatic heterocycles. The highest BCUT2D eigenvalue weighted by Crippen LogP contribution is 2.43. The number of benzene rings is 1. The first-order valence-corrected chi connectivity index (χ1v) is 13.8. The van der Waals surface area contributed by atoms with Gasteiger partial charge in [0.2, 0.25) is 5.91 Å². The summed E-state index contributed by atoms with van der Waals surface area (Å²) in [5, 5.41) is 14.0. The van der Waals surface area contributed by atoms with Gasteiger partial charge in [-0.2, -0.15) is 0 Å². The number of piperazine rings is 1. The fourth-order valence-electron chi connectivity index (χ4n) is 5.89. The van der Waals surface area contributed by atoms with Crippen molar-refractivity contribution >= 4 is 11.7 Å². The summed E-state index contributed by atoms with van der Waals surface area (Å²) in [4.78, 5) is 27.1. The number of carbonyl (C=O) groups excluding carboxylic acids is 1. The molecule has 0 radical (unpaired) electrons. The van der Waals surface area contributed by atoms with E-state index in [2.05, 4.69) is 71.8 Å². The second kappa shape index (κ2) is 10.5. The number of nitrogens with zero attached hydrogens (tertiary/aromatic N) is 4. The minimum Gasteiger partial charge on any atom is -0.387 e. The summed E-state index contributed by atoms with van der Waals surface area (Å²) in [6.45, 7) is 13.7. The Bertz CT molecular complexity index is 1120. The third-order valence-corrected chi connectivity index (χ3v) is 8.29. The highest BCUT2D eigenvalue weighted by Gasteiger charge is 2.35. The molecule has 2 N–H and O–H groups in total. The van der Waals surface area contributed by atoms with Crippen molar-refractivity contribution in [1.82, 2.24) is 20.2 Å². The quantitative estimate of drug-likeness (QED) is 0.498. The van der Waals surface area contributed by atoms with Gasteiger partial charge in [0, 0.05) is 43.8 Å². The van der Waals surface area contributed by atoms with Gasteiger partial charge < -0.3 is 20.2 Å². The Morgan fingerprint density at radius 1 is 1.19 bits per heavy atom. The van der Waals surface area contributed by atoms with Gasteiger partial charge in [0.25, 0.3) is 0 Å². The predicted molar refractivity (Wildman–Crippen MR) is 147 cm³/mol. The Labute approximate surface area is 221 Å². The van der Waals surface area contributed by atoms with Crippen molar-refractivity contribution in [2.24, 2.45) is 0 Å². The van der Waals surface area contributed by atoms with Crippen LogP contribution in [-0.2, 0) is 4.79 Å². The maximum atomic E-state index is 13.9. The van der Waals surface area contributed by atoms with Crippen LogP contribution in [0.15, 0.2) is 43.2 Å². The second-order valence-electron chi connectivity index (χ2n) is 11.7. The molecule has 1 saturated heterocycles. The zero-order valence-corrected chi connectivity index (χ0v) is 22.5. The molecule has 37 heavy (non-hydrogen) atoms. The van der Waals surface area contributed by atoms with E-state index >= 15 is 0 Å². The van der Waals surface area contributed by atoms with E-state index in [9.17, 15) is 9.90 Å². The normalized spacial score (nSPS) is 22.6. The first kappa shape index (κ1) is 25.9. The van der Waals surface area contributed by atoms with Gasteiger partial charge >= 0.3 is 0 Å². The molecule has 0 unspecified atom stereocenters. The van der Waals surface area contributed by atoms with Crippen LogP contribution in [0, 0.1) is 0 Å². The zero-order valence-electron chi connectivity index (χ0n) is 22.5. The SMILES string of the molecule is C=CCC(C)(C)NC[C@@H](C(=O)N1CCN(c2ncnc3c2[C@H](C)C[C@@H]3O)CC1)c1ccc(C2CC2)cc1. The maximum Gasteiger partial charge on any atom is 0.231 e. The number of aliphatic hydroxyl groups excluding tert-OH is 1. The first-order chi connectivity index (χ1) is 17.8. The fraction of sp³-hybridized carbons (Fsp3) is 0.567.